The van der Waals surface area contributed by atoms with Gasteiger partial charge in [-0.05, 0) is 30.5 Å². The molecule has 0 bridgehead atoms. The first-order chi connectivity index (χ1) is 11.0. The molecule has 4 nitrogen and oxygen atoms in total. The Labute approximate surface area is 138 Å². The van der Waals surface area contributed by atoms with Crippen molar-refractivity contribution in [2.24, 2.45) is 5.92 Å². The lowest BCUT2D eigenvalue weighted by atomic mass is 9.98. The van der Waals surface area contributed by atoms with Crippen LogP contribution in [-0.4, -0.2) is 36.9 Å². The van der Waals surface area contributed by atoms with E-state index in [0.29, 0.717) is 11.5 Å². The first kappa shape index (κ1) is 18.2. The Hall–Kier alpha value is -2.18. The smallest absolute Gasteiger partial charge is 0.430 e. The van der Waals surface area contributed by atoms with Crippen molar-refractivity contribution in [3.8, 4) is 5.75 Å². The largest absolute Gasteiger partial charge is 0.478 e. The number of ether oxygens (including phenoxy) is 1. The summed E-state index contributed by atoms with van der Waals surface area (Å²) in [5, 5.41) is 9.05. The number of carboxylic acid groups (broad SMARTS) is 1. The van der Waals surface area contributed by atoms with E-state index in [1.165, 1.54) is 0 Å². The standard InChI is InChI=1S/C17H20F3NO3/c1-9(2)8-21(4)13-7-14-11(5-10(13)3)6-12(16(22)23)15(24-14)17(18,19)20/h5-7,9,15H,8H2,1-4H3,(H,22,23). The minimum atomic E-state index is -4.79. The molecule has 2 rings (SSSR count). The molecule has 1 aromatic rings. The molecule has 0 radical (unpaired) electrons. The third kappa shape index (κ3) is 3.66. The average Bonchev–Trinajstić information content (AvgIpc) is 2.43. The molecule has 0 amide bonds. The van der Waals surface area contributed by atoms with Crippen molar-refractivity contribution in [1.82, 2.24) is 0 Å². The maximum absolute atomic E-state index is 13.1. The lowest BCUT2D eigenvalue weighted by Gasteiger charge is -2.30. The van der Waals surface area contributed by atoms with Crippen molar-refractivity contribution < 1.29 is 27.8 Å². The number of carboxylic acids is 1. The van der Waals surface area contributed by atoms with Crippen molar-refractivity contribution in [3.05, 3.63) is 28.8 Å². The number of alkyl halides is 3. The number of anilines is 1. The van der Waals surface area contributed by atoms with Crippen LogP contribution in [0.5, 0.6) is 5.75 Å². The van der Waals surface area contributed by atoms with Gasteiger partial charge in [0.15, 0.2) is 0 Å². The van der Waals surface area contributed by atoms with Crippen LogP contribution in [0.2, 0.25) is 0 Å². The van der Waals surface area contributed by atoms with Crippen LogP contribution < -0.4 is 9.64 Å². The first-order valence-corrected chi connectivity index (χ1v) is 7.54. The lowest BCUT2D eigenvalue weighted by Crippen LogP contribution is -2.40. The van der Waals surface area contributed by atoms with Crippen LogP contribution in [0.3, 0.4) is 0 Å². The molecule has 0 aromatic heterocycles. The molecule has 1 aliphatic rings. The second-order valence-electron chi connectivity index (χ2n) is 6.40. The summed E-state index contributed by atoms with van der Waals surface area (Å²) >= 11 is 0. The van der Waals surface area contributed by atoms with Gasteiger partial charge in [-0.3, -0.25) is 0 Å². The SMILES string of the molecule is Cc1cc2c(cc1N(C)CC(C)C)OC(C(F)(F)F)C(C(=O)O)=C2. The van der Waals surface area contributed by atoms with Gasteiger partial charge in [-0.25, -0.2) is 4.79 Å². The molecule has 1 N–H and O–H groups in total. The van der Waals surface area contributed by atoms with Gasteiger partial charge in [0.1, 0.15) is 5.75 Å². The lowest BCUT2D eigenvalue weighted by molar-refractivity contribution is -0.187. The molecule has 1 heterocycles. The van der Waals surface area contributed by atoms with Crippen LogP contribution in [0.25, 0.3) is 6.08 Å². The maximum Gasteiger partial charge on any atom is 0.430 e. The fraction of sp³-hybridized carbons (Fsp3) is 0.471. The number of rotatable bonds is 4. The van der Waals surface area contributed by atoms with E-state index in [0.717, 1.165) is 23.9 Å². The molecule has 1 aromatic carbocycles. The number of fused-ring (bicyclic) bond motifs is 1. The maximum atomic E-state index is 13.1. The topological polar surface area (TPSA) is 49.8 Å². The highest BCUT2D eigenvalue weighted by molar-refractivity contribution is 5.95. The first-order valence-electron chi connectivity index (χ1n) is 7.54. The van der Waals surface area contributed by atoms with Gasteiger partial charge in [0, 0.05) is 30.9 Å². The molecule has 0 saturated carbocycles. The van der Waals surface area contributed by atoms with Crippen molar-refractivity contribution in [3.63, 3.8) is 0 Å². The second kappa shape index (κ2) is 6.37. The van der Waals surface area contributed by atoms with Crippen LogP contribution >= 0.6 is 0 Å². The number of hydrogen-bond donors (Lipinski definition) is 1. The van der Waals surface area contributed by atoms with Crippen molar-refractivity contribution in [2.75, 3.05) is 18.5 Å². The number of halogens is 3. The molecule has 7 heteroatoms. The molecular formula is C17H20F3NO3. The Kier molecular flexibility index (Phi) is 4.82. The normalized spacial score (nSPS) is 17.2. The molecule has 0 saturated heterocycles. The van der Waals surface area contributed by atoms with Crippen LogP contribution in [0.1, 0.15) is 25.0 Å². The quantitative estimate of drug-likeness (QED) is 0.901. The monoisotopic (exact) mass is 343 g/mol. The molecule has 24 heavy (non-hydrogen) atoms. The molecular weight excluding hydrogens is 323 g/mol. The Balaban J connectivity index is 2.49. The van der Waals surface area contributed by atoms with Crippen LogP contribution in [0.15, 0.2) is 17.7 Å². The minimum Gasteiger partial charge on any atom is -0.478 e. The zero-order chi connectivity index (χ0) is 18.2. The second-order valence-corrected chi connectivity index (χ2v) is 6.40. The molecule has 1 atom stereocenters. The predicted octanol–water partition coefficient (Wildman–Crippen LogP) is 3.88. The van der Waals surface area contributed by atoms with E-state index in [4.69, 9.17) is 9.84 Å². The van der Waals surface area contributed by atoms with Crippen molar-refractivity contribution in [2.45, 2.75) is 33.1 Å². The molecule has 1 aliphatic heterocycles. The summed E-state index contributed by atoms with van der Waals surface area (Å²) in [7, 11) is 1.86. The van der Waals surface area contributed by atoms with Crippen molar-refractivity contribution in [1.29, 1.82) is 0 Å². The Bertz CT molecular complexity index is 680. The summed E-state index contributed by atoms with van der Waals surface area (Å²) in [5.74, 6) is -1.21. The minimum absolute atomic E-state index is 0.0403. The third-order valence-corrected chi connectivity index (χ3v) is 3.76. The molecule has 0 spiro atoms. The fourth-order valence-corrected chi connectivity index (χ4v) is 2.82. The zero-order valence-electron chi connectivity index (χ0n) is 13.9. The van der Waals surface area contributed by atoms with Gasteiger partial charge >= 0.3 is 12.1 Å². The third-order valence-electron chi connectivity index (χ3n) is 3.76. The van der Waals surface area contributed by atoms with Gasteiger partial charge in [-0.1, -0.05) is 13.8 Å². The van der Waals surface area contributed by atoms with Crippen LogP contribution in [-0.2, 0) is 4.79 Å². The highest BCUT2D eigenvalue weighted by atomic mass is 19.4. The van der Waals surface area contributed by atoms with Gasteiger partial charge < -0.3 is 14.7 Å². The summed E-state index contributed by atoms with van der Waals surface area (Å²) in [4.78, 5) is 13.1. The van der Waals surface area contributed by atoms with E-state index in [1.807, 2.05) is 32.7 Å². The number of hydrogen-bond acceptors (Lipinski definition) is 3. The van der Waals surface area contributed by atoms with Gasteiger partial charge in [0.05, 0.1) is 5.57 Å². The van der Waals surface area contributed by atoms with Crippen molar-refractivity contribution >= 4 is 17.7 Å². The zero-order valence-corrected chi connectivity index (χ0v) is 13.9. The Morgan fingerprint density at radius 3 is 2.50 bits per heavy atom. The van der Waals surface area contributed by atoms with E-state index in [9.17, 15) is 18.0 Å². The van der Waals surface area contributed by atoms with Gasteiger partial charge in [0.2, 0.25) is 6.10 Å². The summed E-state index contributed by atoms with van der Waals surface area (Å²) in [6, 6.07) is 3.19. The van der Waals surface area contributed by atoms with E-state index in [-0.39, 0.29) is 5.75 Å². The molecule has 0 aliphatic carbocycles. The summed E-state index contributed by atoms with van der Waals surface area (Å²) in [5.41, 5.74) is 1.13. The number of benzene rings is 1. The number of nitrogens with zero attached hydrogens (tertiary/aromatic N) is 1. The highest BCUT2D eigenvalue weighted by Crippen LogP contribution is 2.40. The van der Waals surface area contributed by atoms with E-state index >= 15 is 0 Å². The number of aryl methyl sites for hydroxylation is 1. The molecule has 1 unspecified atom stereocenters. The highest BCUT2D eigenvalue weighted by Gasteiger charge is 2.48. The van der Waals surface area contributed by atoms with Gasteiger partial charge in [0.25, 0.3) is 0 Å². The number of aliphatic carboxylic acids is 1. The predicted molar refractivity (Wildman–Crippen MR) is 85.4 cm³/mol. The molecule has 0 fully saturated rings. The summed E-state index contributed by atoms with van der Waals surface area (Å²) < 4.78 is 44.4. The van der Waals surface area contributed by atoms with Gasteiger partial charge in [-0.2, -0.15) is 13.2 Å². The van der Waals surface area contributed by atoms with Crippen LogP contribution in [0, 0.1) is 12.8 Å². The Morgan fingerprint density at radius 1 is 1.38 bits per heavy atom. The van der Waals surface area contributed by atoms with Crippen LogP contribution in [0.4, 0.5) is 18.9 Å². The summed E-state index contributed by atoms with van der Waals surface area (Å²) in [6.07, 6.45) is -6.22. The van der Waals surface area contributed by atoms with E-state index in [2.05, 4.69) is 0 Å². The fourth-order valence-electron chi connectivity index (χ4n) is 2.82. The average molecular weight is 343 g/mol. The summed E-state index contributed by atoms with van der Waals surface area (Å²) in [6.45, 7) is 6.65. The van der Waals surface area contributed by atoms with Gasteiger partial charge in [-0.15, -0.1) is 0 Å². The Morgan fingerprint density at radius 2 is 2.00 bits per heavy atom. The molecule has 132 valence electrons. The number of carbonyl (C=O) groups is 1. The van der Waals surface area contributed by atoms with E-state index < -0.39 is 23.8 Å². The van der Waals surface area contributed by atoms with E-state index in [1.54, 1.807) is 12.1 Å².